The number of benzene rings is 2. The number of anilines is 1. The van der Waals surface area contributed by atoms with Crippen LogP contribution in [-0.4, -0.2) is 4.98 Å². The van der Waals surface area contributed by atoms with E-state index in [9.17, 15) is 0 Å². The average molecular weight is 345 g/mol. The summed E-state index contributed by atoms with van der Waals surface area (Å²) in [5, 5.41) is 6.40. The highest BCUT2D eigenvalue weighted by Crippen LogP contribution is 2.29. The van der Waals surface area contributed by atoms with Crippen molar-refractivity contribution in [1.29, 1.82) is 0 Å². The first-order chi connectivity index (χ1) is 9.83. The molecule has 1 N–H and O–H groups in total. The van der Waals surface area contributed by atoms with Gasteiger partial charge in [-0.2, -0.15) is 0 Å². The lowest BCUT2D eigenvalue weighted by Gasteiger charge is -2.19. The zero-order chi connectivity index (χ0) is 13.8. The van der Waals surface area contributed by atoms with Crippen molar-refractivity contribution in [2.45, 2.75) is 6.04 Å². The van der Waals surface area contributed by atoms with E-state index in [2.05, 4.69) is 74.8 Å². The van der Waals surface area contributed by atoms with E-state index >= 15 is 0 Å². The van der Waals surface area contributed by atoms with E-state index in [1.54, 1.807) is 11.3 Å². The minimum atomic E-state index is 0.107. The molecule has 2 nitrogen and oxygen atoms in total. The maximum atomic E-state index is 4.43. The van der Waals surface area contributed by atoms with Crippen LogP contribution in [0.25, 0.3) is 0 Å². The number of hydrogen-bond acceptors (Lipinski definition) is 3. The van der Waals surface area contributed by atoms with E-state index in [1.807, 2.05) is 17.5 Å². The summed E-state index contributed by atoms with van der Waals surface area (Å²) in [5.41, 5.74) is 2.45. The van der Waals surface area contributed by atoms with Crippen LogP contribution in [0.15, 0.2) is 70.6 Å². The predicted octanol–water partition coefficient (Wildman–Crippen LogP) is 5.11. The Morgan fingerprint density at radius 2 is 1.45 bits per heavy atom. The van der Waals surface area contributed by atoms with Crippen LogP contribution >= 0.6 is 27.3 Å². The summed E-state index contributed by atoms with van der Waals surface area (Å²) >= 11 is 4.99. The van der Waals surface area contributed by atoms with Gasteiger partial charge in [-0.3, -0.25) is 0 Å². The molecule has 0 aliphatic carbocycles. The zero-order valence-electron chi connectivity index (χ0n) is 10.7. The second-order valence-electron chi connectivity index (χ2n) is 4.37. The van der Waals surface area contributed by atoms with Crippen molar-refractivity contribution in [3.63, 3.8) is 0 Å². The van der Waals surface area contributed by atoms with Crippen LogP contribution in [0.5, 0.6) is 0 Å². The molecule has 0 unspecified atom stereocenters. The number of nitrogens with one attached hydrogen (secondary N) is 1. The molecule has 1 aromatic heterocycles. The Balaban J connectivity index is 1.96. The SMILES string of the molecule is Brc1csc(NC(c2ccccc2)c2ccccc2)n1. The van der Waals surface area contributed by atoms with Crippen molar-refractivity contribution >= 4 is 32.4 Å². The topological polar surface area (TPSA) is 24.9 Å². The first-order valence-electron chi connectivity index (χ1n) is 6.30. The Kier molecular flexibility index (Phi) is 4.14. The van der Waals surface area contributed by atoms with Crippen LogP contribution in [0, 0.1) is 0 Å². The van der Waals surface area contributed by atoms with Gasteiger partial charge in [0.1, 0.15) is 4.60 Å². The quantitative estimate of drug-likeness (QED) is 0.711. The molecule has 0 aliphatic rings. The van der Waals surface area contributed by atoms with Gasteiger partial charge in [0, 0.05) is 5.38 Å². The third kappa shape index (κ3) is 3.08. The molecule has 0 saturated carbocycles. The van der Waals surface area contributed by atoms with E-state index in [0.717, 1.165) is 9.73 Å². The smallest absolute Gasteiger partial charge is 0.184 e. The van der Waals surface area contributed by atoms with Gasteiger partial charge in [-0.25, -0.2) is 4.98 Å². The van der Waals surface area contributed by atoms with E-state index < -0.39 is 0 Å². The van der Waals surface area contributed by atoms with Crippen molar-refractivity contribution in [1.82, 2.24) is 4.98 Å². The Bertz CT molecular complexity index is 628. The van der Waals surface area contributed by atoms with E-state index in [0.29, 0.717) is 0 Å². The Morgan fingerprint density at radius 3 is 1.90 bits per heavy atom. The molecule has 0 spiro atoms. The molecule has 3 aromatic rings. The van der Waals surface area contributed by atoms with Crippen LogP contribution < -0.4 is 5.32 Å². The minimum absolute atomic E-state index is 0.107. The number of nitrogens with zero attached hydrogens (tertiary/aromatic N) is 1. The molecule has 0 aliphatic heterocycles. The monoisotopic (exact) mass is 344 g/mol. The van der Waals surface area contributed by atoms with Crippen LogP contribution in [-0.2, 0) is 0 Å². The van der Waals surface area contributed by atoms with Crippen LogP contribution in [0.1, 0.15) is 17.2 Å². The normalized spacial score (nSPS) is 10.7. The molecule has 3 rings (SSSR count). The number of rotatable bonds is 4. The van der Waals surface area contributed by atoms with Gasteiger partial charge in [0.25, 0.3) is 0 Å². The number of halogens is 1. The summed E-state index contributed by atoms with van der Waals surface area (Å²) in [4.78, 5) is 4.43. The highest BCUT2D eigenvalue weighted by Gasteiger charge is 2.14. The third-order valence-electron chi connectivity index (χ3n) is 3.01. The number of hydrogen-bond donors (Lipinski definition) is 1. The fourth-order valence-electron chi connectivity index (χ4n) is 2.09. The van der Waals surface area contributed by atoms with Gasteiger partial charge < -0.3 is 5.32 Å². The number of thiazole rings is 1. The largest absolute Gasteiger partial charge is 0.351 e. The van der Waals surface area contributed by atoms with E-state index in [4.69, 9.17) is 0 Å². The van der Waals surface area contributed by atoms with Crippen molar-refractivity contribution in [3.05, 3.63) is 81.8 Å². The molecule has 0 radical (unpaired) electrons. The lowest BCUT2D eigenvalue weighted by Crippen LogP contribution is -2.12. The van der Waals surface area contributed by atoms with Gasteiger partial charge in [0.05, 0.1) is 6.04 Å². The van der Waals surface area contributed by atoms with Crippen molar-refractivity contribution in [2.75, 3.05) is 5.32 Å². The van der Waals surface area contributed by atoms with Gasteiger partial charge in [-0.15, -0.1) is 11.3 Å². The molecule has 4 heteroatoms. The molecule has 0 atom stereocenters. The molecule has 0 saturated heterocycles. The molecular formula is C16H13BrN2S. The third-order valence-corrected chi connectivity index (χ3v) is 4.49. The average Bonchev–Trinajstić information content (AvgIpc) is 2.92. The van der Waals surface area contributed by atoms with Gasteiger partial charge in [-0.1, -0.05) is 60.7 Å². The standard InChI is InChI=1S/C16H13BrN2S/c17-14-11-20-16(18-14)19-15(12-7-3-1-4-8-12)13-9-5-2-6-10-13/h1-11,15H,(H,18,19). The van der Waals surface area contributed by atoms with Crippen LogP contribution in [0.2, 0.25) is 0 Å². The summed E-state index contributed by atoms with van der Waals surface area (Å²) in [7, 11) is 0. The molecular weight excluding hydrogens is 332 g/mol. The maximum absolute atomic E-state index is 4.43. The van der Waals surface area contributed by atoms with Gasteiger partial charge in [-0.05, 0) is 27.1 Å². The fraction of sp³-hybridized carbons (Fsp3) is 0.0625. The molecule has 0 fully saturated rings. The van der Waals surface area contributed by atoms with Crippen molar-refractivity contribution in [3.8, 4) is 0 Å². The van der Waals surface area contributed by atoms with E-state index in [-0.39, 0.29) is 6.04 Å². The first-order valence-corrected chi connectivity index (χ1v) is 7.97. The molecule has 2 aromatic carbocycles. The van der Waals surface area contributed by atoms with Gasteiger partial charge >= 0.3 is 0 Å². The Hall–Kier alpha value is -1.65. The highest BCUT2D eigenvalue weighted by molar-refractivity contribution is 9.10. The second-order valence-corrected chi connectivity index (χ2v) is 6.04. The highest BCUT2D eigenvalue weighted by atomic mass is 79.9. The minimum Gasteiger partial charge on any atom is -0.351 e. The molecule has 0 bridgehead atoms. The van der Waals surface area contributed by atoms with Crippen LogP contribution in [0.4, 0.5) is 5.13 Å². The van der Waals surface area contributed by atoms with E-state index in [1.165, 1.54) is 11.1 Å². The summed E-state index contributed by atoms with van der Waals surface area (Å²) in [5.74, 6) is 0. The Morgan fingerprint density at radius 1 is 0.900 bits per heavy atom. The lowest BCUT2D eigenvalue weighted by atomic mass is 9.99. The first kappa shape index (κ1) is 13.3. The molecule has 20 heavy (non-hydrogen) atoms. The van der Waals surface area contributed by atoms with Crippen molar-refractivity contribution < 1.29 is 0 Å². The molecule has 0 amide bonds. The molecule has 1 heterocycles. The number of aromatic nitrogens is 1. The van der Waals surface area contributed by atoms with Crippen molar-refractivity contribution in [2.24, 2.45) is 0 Å². The van der Waals surface area contributed by atoms with Gasteiger partial charge in [0.2, 0.25) is 0 Å². The summed E-state index contributed by atoms with van der Waals surface area (Å²) < 4.78 is 0.866. The van der Waals surface area contributed by atoms with Gasteiger partial charge in [0.15, 0.2) is 5.13 Å². The summed E-state index contributed by atoms with van der Waals surface area (Å²) in [6, 6.07) is 20.9. The molecule has 100 valence electrons. The lowest BCUT2D eigenvalue weighted by molar-refractivity contribution is 0.934. The summed E-state index contributed by atoms with van der Waals surface area (Å²) in [6.45, 7) is 0. The zero-order valence-corrected chi connectivity index (χ0v) is 13.1. The fourth-order valence-corrected chi connectivity index (χ4v) is 3.27. The predicted molar refractivity (Wildman–Crippen MR) is 88.2 cm³/mol. The van der Waals surface area contributed by atoms with Crippen LogP contribution in [0.3, 0.4) is 0 Å². The Labute approximate surface area is 130 Å². The maximum Gasteiger partial charge on any atom is 0.184 e. The summed E-state index contributed by atoms with van der Waals surface area (Å²) in [6.07, 6.45) is 0. The second kappa shape index (κ2) is 6.20.